The summed E-state index contributed by atoms with van der Waals surface area (Å²) in [5.74, 6) is -0.498. The molecule has 3 rings (SSSR count). The Morgan fingerprint density at radius 3 is 2.17 bits per heavy atom. The monoisotopic (exact) mass is 597 g/mol. The predicted molar refractivity (Wildman–Crippen MR) is 166 cm³/mol. The fourth-order valence-electron chi connectivity index (χ4n) is 4.66. The fraction of sp³-hybridized carbons (Fsp3) is 0.375. The number of sulfonamides is 1. The van der Waals surface area contributed by atoms with Crippen molar-refractivity contribution < 1.29 is 18.0 Å². The summed E-state index contributed by atoms with van der Waals surface area (Å²) in [7, 11) is -3.57. The van der Waals surface area contributed by atoms with E-state index in [1.807, 2.05) is 82.3 Å². The molecule has 41 heavy (non-hydrogen) atoms. The number of carbonyl (C=O) groups is 2. The molecular formula is C32H40ClN3O4S. The van der Waals surface area contributed by atoms with Crippen LogP contribution in [0.25, 0.3) is 0 Å². The third-order valence-electron chi connectivity index (χ3n) is 6.55. The first-order valence-corrected chi connectivity index (χ1v) is 15.9. The van der Waals surface area contributed by atoms with E-state index in [0.29, 0.717) is 17.1 Å². The number of benzene rings is 3. The van der Waals surface area contributed by atoms with Crippen molar-refractivity contribution in [3.63, 3.8) is 0 Å². The van der Waals surface area contributed by atoms with Crippen molar-refractivity contribution >= 4 is 39.1 Å². The Bertz CT molecular complexity index is 1440. The maximum Gasteiger partial charge on any atom is 0.243 e. The number of halogens is 1. The number of amides is 2. The molecule has 0 fully saturated rings. The molecule has 9 heteroatoms. The molecule has 0 aliphatic rings. The summed E-state index contributed by atoms with van der Waals surface area (Å²) in [5.41, 5.74) is 2.64. The lowest BCUT2D eigenvalue weighted by molar-refractivity contribution is -0.142. The van der Waals surface area contributed by atoms with Crippen LogP contribution in [0.4, 0.5) is 5.69 Å². The number of hydrogen-bond acceptors (Lipinski definition) is 4. The SMILES string of the molecule is Cc1ccccc1N(CCCC(=O)N(Cc1cccc(Cl)c1)C(Cc1ccccc1)C(=O)NC(C)(C)C)S(C)(=O)=O. The number of aryl methyl sites for hydroxylation is 1. The Morgan fingerprint density at radius 1 is 0.927 bits per heavy atom. The molecule has 1 atom stereocenters. The molecule has 0 heterocycles. The molecule has 1 N–H and O–H groups in total. The van der Waals surface area contributed by atoms with Crippen molar-refractivity contribution in [2.24, 2.45) is 0 Å². The highest BCUT2D eigenvalue weighted by Gasteiger charge is 2.32. The molecule has 0 spiro atoms. The normalized spacial score (nSPS) is 12.4. The summed E-state index contributed by atoms with van der Waals surface area (Å²) >= 11 is 6.25. The molecule has 3 aromatic rings. The summed E-state index contributed by atoms with van der Waals surface area (Å²) in [6, 6.07) is 23.3. The number of anilines is 1. The largest absolute Gasteiger partial charge is 0.350 e. The van der Waals surface area contributed by atoms with Gasteiger partial charge in [-0.3, -0.25) is 13.9 Å². The van der Waals surface area contributed by atoms with E-state index in [1.165, 1.54) is 10.6 Å². The molecule has 0 saturated carbocycles. The number of rotatable bonds is 12. The van der Waals surface area contributed by atoms with Gasteiger partial charge in [0.05, 0.1) is 11.9 Å². The van der Waals surface area contributed by atoms with Gasteiger partial charge in [-0.2, -0.15) is 0 Å². The number of nitrogens with zero attached hydrogens (tertiary/aromatic N) is 2. The van der Waals surface area contributed by atoms with E-state index in [4.69, 9.17) is 11.6 Å². The van der Waals surface area contributed by atoms with Crippen molar-refractivity contribution in [3.8, 4) is 0 Å². The second kappa shape index (κ2) is 14.0. The molecule has 0 saturated heterocycles. The summed E-state index contributed by atoms with van der Waals surface area (Å²) < 4.78 is 26.7. The van der Waals surface area contributed by atoms with Crippen LogP contribution in [0.5, 0.6) is 0 Å². The molecule has 0 aliphatic carbocycles. The van der Waals surface area contributed by atoms with E-state index < -0.39 is 21.6 Å². The van der Waals surface area contributed by atoms with Crippen LogP contribution >= 0.6 is 11.6 Å². The summed E-state index contributed by atoms with van der Waals surface area (Å²) in [6.07, 6.45) is 1.84. The molecule has 7 nitrogen and oxygen atoms in total. The molecule has 0 radical (unpaired) electrons. The highest BCUT2D eigenvalue weighted by Crippen LogP contribution is 2.24. The Kier molecular flexibility index (Phi) is 11.0. The molecule has 220 valence electrons. The van der Waals surface area contributed by atoms with E-state index in [-0.39, 0.29) is 37.7 Å². The first-order valence-electron chi connectivity index (χ1n) is 13.7. The second-order valence-corrected chi connectivity index (χ2v) is 13.7. The summed E-state index contributed by atoms with van der Waals surface area (Å²) in [6.45, 7) is 7.88. The minimum absolute atomic E-state index is 0.0621. The Balaban J connectivity index is 1.91. The van der Waals surface area contributed by atoms with Gasteiger partial charge in [0, 0.05) is 36.5 Å². The van der Waals surface area contributed by atoms with Crippen molar-refractivity contribution in [1.82, 2.24) is 10.2 Å². The molecular weight excluding hydrogens is 558 g/mol. The molecule has 0 bridgehead atoms. The maximum absolute atomic E-state index is 13.9. The van der Waals surface area contributed by atoms with Crippen LogP contribution in [-0.4, -0.2) is 49.5 Å². The van der Waals surface area contributed by atoms with Crippen LogP contribution in [0.15, 0.2) is 78.9 Å². The summed E-state index contributed by atoms with van der Waals surface area (Å²) in [5, 5.41) is 3.59. The van der Waals surface area contributed by atoms with Gasteiger partial charge in [0.15, 0.2) is 0 Å². The van der Waals surface area contributed by atoms with Crippen LogP contribution in [0, 0.1) is 6.92 Å². The molecule has 0 aliphatic heterocycles. The zero-order chi connectivity index (χ0) is 30.2. The van der Waals surface area contributed by atoms with Crippen LogP contribution in [-0.2, 0) is 32.6 Å². The van der Waals surface area contributed by atoms with Gasteiger partial charge in [0.2, 0.25) is 21.8 Å². The smallest absolute Gasteiger partial charge is 0.243 e. The molecule has 2 amide bonds. The van der Waals surface area contributed by atoms with Crippen molar-refractivity contribution in [1.29, 1.82) is 0 Å². The fourth-order valence-corrected chi connectivity index (χ4v) is 5.90. The standard InChI is InChI=1S/C32H40ClN3O4S/c1-24-13-9-10-18-28(24)36(41(5,39)40)20-12-19-30(37)35(23-26-16-11-17-27(33)21-26)29(31(38)34-32(2,3)4)22-25-14-7-6-8-15-25/h6-11,13-18,21,29H,12,19-20,22-23H2,1-5H3,(H,34,38). The average Bonchev–Trinajstić information content (AvgIpc) is 2.88. The van der Waals surface area contributed by atoms with E-state index in [2.05, 4.69) is 5.32 Å². The predicted octanol–water partition coefficient (Wildman–Crippen LogP) is 5.75. The van der Waals surface area contributed by atoms with Gasteiger partial charge in [0.1, 0.15) is 6.04 Å². The highest BCUT2D eigenvalue weighted by molar-refractivity contribution is 7.92. The lowest BCUT2D eigenvalue weighted by Gasteiger charge is -2.34. The van der Waals surface area contributed by atoms with E-state index in [1.54, 1.807) is 29.2 Å². The van der Waals surface area contributed by atoms with Gasteiger partial charge in [-0.1, -0.05) is 72.3 Å². The van der Waals surface area contributed by atoms with E-state index in [9.17, 15) is 18.0 Å². The molecule has 1 unspecified atom stereocenters. The van der Waals surface area contributed by atoms with E-state index in [0.717, 1.165) is 16.7 Å². The molecule has 0 aromatic heterocycles. The minimum atomic E-state index is -3.57. The third-order valence-corrected chi connectivity index (χ3v) is 7.96. The van der Waals surface area contributed by atoms with Gasteiger partial charge in [0.25, 0.3) is 0 Å². The van der Waals surface area contributed by atoms with Gasteiger partial charge in [-0.05, 0) is 69.0 Å². The van der Waals surface area contributed by atoms with Crippen LogP contribution in [0.3, 0.4) is 0 Å². The third kappa shape index (κ3) is 9.90. The van der Waals surface area contributed by atoms with E-state index >= 15 is 0 Å². The van der Waals surface area contributed by atoms with Crippen LogP contribution in [0.2, 0.25) is 5.02 Å². The zero-order valence-corrected chi connectivity index (χ0v) is 26.0. The zero-order valence-electron chi connectivity index (χ0n) is 24.4. The maximum atomic E-state index is 13.9. The lowest BCUT2D eigenvalue weighted by atomic mass is 10.00. The molecule has 3 aromatic carbocycles. The first-order chi connectivity index (χ1) is 19.2. The van der Waals surface area contributed by atoms with Gasteiger partial charge in [-0.15, -0.1) is 0 Å². The Labute approximate surface area is 249 Å². The van der Waals surface area contributed by atoms with Crippen LogP contribution in [0.1, 0.15) is 50.3 Å². The summed E-state index contributed by atoms with van der Waals surface area (Å²) in [4.78, 5) is 29.2. The van der Waals surface area contributed by atoms with Gasteiger partial charge in [-0.25, -0.2) is 8.42 Å². The number of nitrogens with one attached hydrogen (secondary N) is 1. The van der Waals surface area contributed by atoms with Crippen molar-refractivity contribution in [2.45, 2.75) is 65.1 Å². The number of carbonyl (C=O) groups excluding carboxylic acids is 2. The lowest BCUT2D eigenvalue weighted by Crippen LogP contribution is -2.54. The number of hydrogen-bond donors (Lipinski definition) is 1. The number of para-hydroxylation sites is 1. The Hall–Kier alpha value is -3.36. The Morgan fingerprint density at radius 2 is 1.56 bits per heavy atom. The van der Waals surface area contributed by atoms with Crippen LogP contribution < -0.4 is 9.62 Å². The second-order valence-electron chi connectivity index (χ2n) is 11.3. The highest BCUT2D eigenvalue weighted by atomic mass is 35.5. The van der Waals surface area contributed by atoms with Crippen molar-refractivity contribution in [2.75, 3.05) is 17.1 Å². The minimum Gasteiger partial charge on any atom is -0.350 e. The van der Waals surface area contributed by atoms with Gasteiger partial charge >= 0.3 is 0 Å². The average molecular weight is 598 g/mol. The first kappa shape index (κ1) is 32.2. The van der Waals surface area contributed by atoms with Gasteiger partial charge < -0.3 is 10.2 Å². The topological polar surface area (TPSA) is 86.8 Å². The quantitative estimate of drug-likeness (QED) is 0.288. The van der Waals surface area contributed by atoms with Crippen molar-refractivity contribution in [3.05, 3.63) is 101 Å².